The van der Waals surface area contributed by atoms with Gasteiger partial charge in [0.1, 0.15) is 17.2 Å². The van der Waals surface area contributed by atoms with E-state index in [1.807, 2.05) is 0 Å². The predicted octanol–water partition coefficient (Wildman–Crippen LogP) is 3.69. The monoisotopic (exact) mass is 519 g/mol. The highest BCUT2D eigenvalue weighted by Crippen LogP contribution is 2.36. The number of nitrogens with zero attached hydrogens (tertiary/aromatic N) is 1. The van der Waals surface area contributed by atoms with Crippen LogP contribution in [0.15, 0.2) is 93.6 Å². The Morgan fingerprint density at radius 2 is 1.26 bits per heavy atom. The summed E-state index contributed by atoms with van der Waals surface area (Å²) in [5.41, 5.74) is -2.77. The molecule has 11 heteroatoms. The number of rotatable bonds is 7. The van der Waals surface area contributed by atoms with Crippen LogP contribution in [-0.2, 0) is 29.2 Å². The first-order valence-corrected chi connectivity index (χ1v) is 13.4. The third kappa shape index (κ3) is 4.48. The maximum absolute atomic E-state index is 14.3. The summed E-state index contributed by atoms with van der Waals surface area (Å²) in [4.78, 5) is 16.2. The second-order valence-corrected chi connectivity index (χ2v) is 12.6. The van der Waals surface area contributed by atoms with Gasteiger partial charge in [-0.2, -0.15) is 0 Å². The molecule has 35 heavy (non-hydrogen) atoms. The smallest absolute Gasteiger partial charge is 0.340 e. The van der Waals surface area contributed by atoms with Crippen molar-refractivity contribution in [2.75, 3.05) is 0 Å². The minimum Gasteiger partial charge on any atom is -0.405 e. The number of benzene rings is 3. The lowest BCUT2D eigenvalue weighted by Gasteiger charge is -2.24. The average Bonchev–Trinajstić information content (AvgIpc) is 3.12. The molecule has 0 spiro atoms. The zero-order chi connectivity index (χ0) is 25.4. The van der Waals surface area contributed by atoms with E-state index in [4.69, 9.17) is 4.74 Å². The molecule has 4 rings (SSSR count). The zero-order valence-corrected chi connectivity index (χ0v) is 19.9. The molecule has 0 amide bonds. The van der Waals surface area contributed by atoms with E-state index in [0.717, 1.165) is 25.1 Å². The molecule has 0 aromatic heterocycles. The summed E-state index contributed by atoms with van der Waals surface area (Å²) in [5, 5.41) is 0. The third-order valence-electron chi connectivity index (χ3n) is 5.55. The van der Waals surface area contributed by atoms with Crippen LogP contribution in [0.5, 0.6) is 0 Å². The van der Waals surface area contributed by atoms with Gasteiger partial charge >= 0.3 is 5.97 Å². The summed E-state index contributed by atoms with van der Waals surface area (Å²) in [7, 11) is -9.14. The molecular weight excluding hydrogens is 500 g/mol. The second-order valence-electron chi connectivity index (χ2n) is 8.03. The molecule has 1 atom stereocenters. The van der Waals surface area contributed by atoms with Crippen LogP contribution in [0.3, 0.4) is 0 Å². The maximum Gasteiger partial charge on any atom is 0.340 e. The van der Waals surface area contributed by atoms with Crippen molar-refractivity contribution in [2.24, 2.45) is 4.99 Å². The van der Waals surface area contributed by atoms with Gasteiger partial charge in [-0.1, -0.05) is 42.5 Å². The lowest BCUT2D eigenvalue weighted by molar-refractivity contribution is -0.138. The zero-order valence-electron chi connectivity index (χ0n) is 18.3. The number of carbonyl (C=O) groups excluding carboxylic acids is 1. The van der Waals surface area contributed by atoms with Crippen molar-refractivity contribution in [3.63, 3.8) is 0 Å². The lowest BCUT2D eigenvalue weighted by atomic mass is 10.0. The molecule has 0 unspecified atom stereocenters. The molecule has 0 N–H and O–H groups in total. The minimum absolute atomic E-state index is 0.274. The number of hydrogen-bond acceptors (Lipinski definition) is 7. The lowest BCUT2D eigenvalue weighted by Crippen LogP contribution is -2.41. The largest absolute Gasteiger partial charge is 0.405 e. The molecule has 0 fully saturated rings. The standard InChI is InChI=1S/C24H19F2NO6S2/c1-24(23(28)33-22(27-24)21-18(25)13-8-14-19(21)26)15-20(34(29,30)16-9-4-2-5-10-16)35(31,32)17-11-6-3-7-12-17/h2-14,20H,15H2,1H3/t24-/m1/s1. The van der Waals surface area contributed by atoms with Gasteiger partial charge in [-0.15, -0.1) is 0 Å². The molecule has 0 bridgehead atoms. The average molecular weight is 520 g/mol. The summed E-state index contributed by atoms with van der Waals surface area (Å²) in [6.07, 6.45) is -0.847. The van der Waals surface area contributed by atoms with E-state index in [0.29, 0.717) is 0 Å². The van der Waals surface area contributed by atoms with Crippen LogP contribution in [0.4, 0.5) is 8.78 Å². The molecule has 0 saturated carbocycles. The minimum atomic E-state index is -4.57. The fourth-order valence-electron chi connectivity index (χ4n) is 3.66. The van der Waals surface area contributed by atoms with E-state index < -0.39 is 65.3 Å². The van der Waals surface area contributed by atoms with Crippen LogP contribution in [0.1, 0.15) is 18.9 Å². The summed E-state index contributed by atoms with van der Waals surface area (Å²) in [6, 6.07) is 16.8. The number of esters is 1. The number of cyclic esters (lactones) is 1. The Balaban J connectivity index is 1.85. The molecule has 182 valence electrons. The highest BCUT2D eigenvalue weighted by atomic mass is 32.3. The van der Waals surface area contributed by atoms with E-state index in [-0.39, 0.29) is 9.79 Å². The Bertz CT molecular complexity index is 1430. The van der Waals surface area contributed by atoms with Crippen molar-refractivity contribution < 1.29 is 35.1 Å². The van der Waals surface area contributed by atoms with Gasteiger partial charge in [0, 0.05) is 6.42 Å². The van der Waals surface area contributed by atoms with Crippen molar-refractivity contribution in [3.05, 3.63) is 96.1 Å². The Labute approximate surface area is 200 Å². The Hall–Kier alpha value is -3.44. The number of hydrogen-bond donors (Lipinski definition) is 0. The number of ether oxygens (including phenoxy) is 1. The molecule has 7 nitrogen and oxygen atoms in total. The number of carbonyl (C=O) groups is 1. The molecule has 0 aliphatic carbocycles. The second kappa shape index (κ2) is 8.97. The number of sulfone groups is 2. The van der Waals surface area contributed by atoms with E-state index >= 15 is 0 Å². The van der Waals surface area contributed by atoms with Crippen molar-refractivity contribution >= 4 is 31.5 Å². The molecule has 1 aliphatic heterocycles. The Morgan fingerprint density at radius 3 is 1.71 bits per heavy atom. The van der Waals surface area contributed by atoms with Gasteiger partial charge in [0.05, 0.1) is 9.79 Å². The SMILES string of the molecule is C[C@]1(CC(S(=O)(=O)c2ccccc2)S(=O)(=O)c2ccccc2)N=C(c2c(F)cccc2F)OC1=O. The van der Waals surface area contributed by atoms with Crippen LogP contribution in [0, 0.1) is 11.6 Å². The fraction of sp³-hybridized carbons (Fsp3) is 0.167. The Morgan fingerprint density at radius 1 is 0.800 bits per heavy atom. The van der Waals surface area contributed by atoms with E-state index in [2.05, 4.69) is 4.99 Å². The molecular formula is C24H19F2NO6S2. The maximum atomic E-state index is 14.3. The molecule has 1 heterocycles. The van der Waals surface area contributed by atoms with E-state index in [9.17, 15) is 30.4 Å². The molecule has 0 saturated heterocycles. The number of halogens is 2. The van der Waals surface area contributed by atoms with Gasteiger partial charge in [-0.25, -0.2) is 35.4 Å². The first-order valence-electron chi connectivity index (χ1n) is 10.3. The van der Waals surface area contributed by atoms with E-state index in [1.165, 1.54) is 48.5 Å². The van der Waals surface area contributed by atoms with Crippen LogP contribution in [-0.4, -0.2) is 38.8 Å². The van der Waals surface area contributed by atoms with Crippen molar-refractivity contribution in [1.82, 2.24) is 0 Å². The van der Waals surface area contributed by atoms with Gasteiger partial charge < -0.3 is 4.74 Å². The molecule has 0 radical (unpaired) electrons. The van der Waals surface area contributed by atoms with Crippen molar-refractivity contribution in [1.29, 1.82) is 0 Å². The van der Waals surface area contributed by atoms with E-state index in [1.54, 1.807) is 12.1 Å². The van der Waals surface area contributed by atoms with Crippen molar-refractivity contribution in [2.45, 2.75) is 33.3 Å². The highest BCUT2D eigenvalue weighted by Gasteiger charge is 2.51. The third-order valence-corrected chi connectivity index (χ3v) is 10.7. The predicted molar refractivity (Wildman–Crippen MR) is 123 cm³/mol. The van der Waals surface area contributed by atoms with Crippen LogP contribution < -0.4 is 0 Å². The number of aliphatic imine (C=N–C) groups is 1. The van der Waals surface area contributed by atoms with Crippen LogP contribution in [0.2, 0.25) is 0 Å². The summed E-state index contributed by atoms with van der Waals surface area (Å²) in [6.45, 7) is 1.16. The topological polar surface area (TPSA) is 107 Å². The fourth-order valence-corrected chi connectivity index (χ4v) is 8.43. The quantitative estimate of drug-likeness (QED) is 0.441. The van der Waals surface area contributed by atoms with Gasteiger partial charge in [0.25, 0.3) is 0 Å². The summed E-state index contributed by atoms with van der Waals surface area (Å²) in [5.74, 6) is -3.93. The first kappa shape index (κ1) is 24.7. The molecule has 3 aromatic rings. The Kier molecular flexibility index (Phi) is 6.32. The van der Waals surface area contributed by atoms with Crippen LogP contribution in [0.25, 0.3) is 0 Å². The molecule has 3 aromatic carbocycles. The van der Waals surface area contributed by atoms with Gasteiger partial charge in [0.2, 0.25) is 5.90 Å². The van der Waals surface area contributed by atoms with Gasteiger partial charge in [0.15, 0.2) is 29.8 Å². The molecule has 1 aliphatic rings. The summed E-state index contributed by atoms with van der Waals surface area (Å²) >= 11 is 0. The highest BCUT2D eigenvalue weighted by molar-refractivity contribution is 8.09. The summed E-state index contributed by atoms with van der Waals surface area (Å²) < 4.78 is 85.6. The van der Waals surface area contributed by atoms with Crippen molar-refractivity contribution in [3.8, 4) is 0 Å². The first-order chi connectivity index (χ1) is 16.5. The normalized spacial score (nSPS) is 18.4. The van der Waals surface area contributed by atoms with Gasteiger partial charge in [-0.3, -0.25) is 0 Å². The van der Waals surface area contributed by atoms with Gasteiger partial charge in [-0.05, 0) is 43.3 Å². The van der Waals surface area contributed by atoms with Crippen LogP contribution >= 0.6 is 0 Å².